The molecular weight excluding hydrogens is 1030 g/mol. The number of unbranched alkanes of at least 4 members (excludes halogenated alkanes) is 19. The van der Waals surface area contributed by atoms with E-state index in [4.69, 9.17) is 24.3 Å². The molecule has 0 saturated heterocycles. The zero-order valence-corrected chi connectivity index (χ0v) is 52.1. The Hall–Kier alpha value is -4.37. The fourth-order valence-electron chi connectivity index (χ4n) is 8.27. The van der Waals surface area contributed by atoms with E-state index in [-0.39, 0.29) is 32.6 Å². The van der Waals surface area contributed by atoms with Gasteiger partial charge in [0.2, 0.25) is 0 Å². The van der Waals surface area contributed by atoms with Gasteiger partial charge in [-0.15, -0.1) is 0 Å². The van der Waals surface area contributed by atoms with Gasteiger partial charge in [0, 0.05) is 19.4 Å². The molecule has 0 aliphatic heterocycles. The summed E-state index contributed by atoms with van der Waals surface area (Å²) < 4.78 is 33.1. The van der Waals surface area contributed by atoms with Crippen LogP contribution in [0.5, 0.6) is 0 Å². The predicted molar refractivity (Wildman–Crippen MR) is 348 cm³/mol. The van der Waals surface area contributed by atoms with E-state index in [1.165, 1.54) is 89.9 Å². The second-order valence-corrected chi connectivity index (χ2v) is 22.0. The molecule has 2 atom stereocenters. The van der Waals surface area contributed by atoms with Crippen molar-refractivity contribution < 1.29 is 37.6 Å². The fourth-order valence-corrected chi connectivity index (χ4v) is 9.03. The Labute approximate surface area is 496 Å². The Morgan fingerprint density at radius 1 is 0.370 bits per heavy atom. The molecular formula is C71H116NO8P. The minimum atomic E-state index is -4.41. The van der Waals surface area contributed by atoms with Crippen molar-refractivity contribution in [1.82, 2.24) is 0 Å². The van der Waals surface area contributed by atoms with E-state index in [1.807, 2.05) is 0 Å². The number of carbonyl (C=O) groups is 2. The van der Waals surface area contributed by atoms with Crippen LogP contribution in [-0.4, -0.2) is 49.3 Å². The van der Waals surface area contributed by atoms with E-state index in [0.29, 0.717) is 6.42 Å². The van der Waals surface area contributed by atoms with Crippen LogP contribution in [-0.2, 0) is 32.7 Å². The molecule has 0 bridgehead atoms. The molecule has 0 heterocycles. The summed E-state index contributed by atoms with van der Waals surface area (Å²) >= 11 is 0. The van der Waals surface area contributed by atoms with Gasteiger partial charge >= 0.3 is 19.8 Å². The van der Waals surface area contributed by atoms with Crippen molar-refractivity contribution >= 4 is 19.8 Å². The number of carbonyl (C=O) groups excluding carboxylic acids is 2. The second kappa shape index (κ2) is 64.8. The maximum absolute atomic E-state index is 12.7. The van der Waals surface area contributed by atoms with Crippen LogP contribution in [0, 0.1) is 0 Å². The zero-order chi connectivity index (χ0) is 58.7. The van der Waals surface area contributed by atoms with Crippen LogP contribution >= 0.6 is 7.82 Å². The van der Waals surface area contributed by atoms with Crippen LogP contribution in [0.15, 0.2) is 158 Å². The van der Waals surface area contributed by atoms with E-state index in [1.54, 1.807) is 0 Å². The lowest BCUT2D eigenvalue weighted by molar-refractivity contribution is -0.161. The molecule has 0 aromatic heterocycles. The standard InChI is InChI=1S/C71H116NO8P/c1-3-5-7-9-11-13-15-17-19-21-23-25-27-29-31-33-34-36-38-40-42-44-46-48-50-52-54-56-58-60-62-64-71(74)80-69(68-79-81(75,76)78-66-65-72)67-77-70(73)63-61-59-57-55-53-51-49-47-45-43-41-39-37-35-32-30-28-26-24-22-20-18-16-14-12-10-8-6-4-2/h5-8,11-14,17-20,23-26,29,31,34,36,40,42,46,48,52,54,69H,3-4,9-10,15-16,21-22,27-28,30,32-33,35,37-39,41,43-45,47,49-51,53,55-68,72H2,1-2H3,(H,75,76)/b7-5-,8-6-,13-11-,14-12-,19-17-,20-18-,25-23-,26-24-,31-29-,36-34-,42-40-,48-46-,54-52-. The molecule has 0 spiro atoms. The molecule has 458 valence electrons. The largest absolute Gasteiger partial charge is 0.472 e. The minimum Gasteiger partial charge on any atom is -0.462 e. The number of allylic oxidation sites excluding steroid dienone is 26. The summed E-state index contributed by atoms with van der Waals surface area (Å²) in [6.45, 7) is 3.47. The average Bonchev–Trinajstić information content (AvgIpc) is 3.46. The average molecular weight is 1140 g/mol. The van der Waals surface area contributed by atoms with E-state index < -0.39 is 32.5 Å². The Balaban J connectivity index is 4.04. The molecule has 2 unspecified atom stereocenters. The third kappa shape index (κ3) is 64.7. The second-order valence-electron chi connectivity index (χ2n) is 20.5. The first-order chi connectivity index (χ1) is 39.8. The van der Waals surface area contributed by atoms with Crippen LogP contribution in [0.1, 0.15) is 245 Å². The highest BCUT2D eigenvalue weighted by Gasteiger charge is 2.26. The van der Waals surface area contributed by atoms with Gasteiger partial charge in [-0.3, -0.25) is 18.6 Å². The van der Waals surface area contributed by atoms with Crippen molar-refractivity contribution in [3.8, 4) is 0 Å². The summed E-state index contributed by atoms with van der Waals surface area (Å²) in [4.78, 5) is 35.3. The number of ether oxygens (including phenoxy) is 2. The van der Waals surface area contributed by atoms with Crippen molar-refractivity contribution in [2.24, 2.45) is 5.73 Å². The van der Waals surface area contributed by atoms with Crippen LogP contribution in [0.2, 0.25) is 0 Å². The van der Waals surface area contributed by atoms with Crippen LogP contribution in [0.25, 0.3) is 0 Å². The SMILES string of the molecule is CC/C=C\C/C=C\C/C=C\C/C=C\C/C=C\C/C=C\C/C=C\C/C=C\C/C=C\CCCCCC(=O)OC(COC(=O)CCCCCCCCCCCCCCCCCC/C=C\C/C=C\C/C=C\C/C=C\CC)COP(=O)(O)OCCN. The molecule has 0 radical (unpaired) electrons. The predicted octanol–water partition coefficient (Wildman–Crippen LogP) is 20.8. The molecule has 81 heavy (non-hydrogen) atoms. The van der Waals surface area contributed by atoms with Gasteiger partial charge in [-0.05, 0) is 122 Å². The molecule has 0 aromatic rings. The number of rotatable bonds is 58. The lowest BCUT2D eigenvalue weighted by Crippen LogP contribution is -2.29. The number of esters is 2. The van der Waals surface area contributed by atoms with E-state index in [9.17, 15) is 19.0 Å². The van der Waals surface area contributed by atoms with Gasteiger partial charge in [-0.1, -0.05) is 268 Å². The van der Waals surface area contributed by atoms with Gasteiger partial charge in [0.1, 0.15) is 6.61 Å². The van der Waals surface area contributed by atoms with Crippen LogP contribution < -0.4 is 5.73 Å². The van der Waals surface area contributed by atoms with Crippen molar-refractivity contribution in [1.29, 1.82) is 0 Å². The van der Waals surface area contributed by atoms with Crippen molar-refractivity contribution in [2.75, 3.05) is 26.4 Å². The monoisotopic (exact) mass is 1140 g/mol. The number of hydrogen-bond donors (Lipinski definition) is 2. The maximum atomic E-state index is 12.7. The smallest absolute Gasteiger partial charge is 0.462 e. The van der Waals surface area contributed by atoms with Crippen LogP contribution in [0.3, 0.4) is 0 Å². The fraction of sp³-hybridized carbons (Fsp3) is 0.606. The minimum absolute atomic E-state index is 0.0397. The van der Waals surface area contributed by atoms with Gasteiger partial charge < -0.3 is 20.1 Å². The highest BCUT2D eigenvalue weighted by molar-refractivity contribution is 7.47. The molecule has 0 rings (SSSR count). The van der Waals surface area contributed by atoms with Crippen LogP contribution in [0.4, 0.5) is 0 Å². The molecule has 9 nitrogen and oxygen atoms in total. The number of hydrogen-bond acceptors (Lipinski definition) is 8. The van der Waals surface area contributed by atoms with E-state index in [2.05, 4.69) is 172 Å². The highest BCUT2D eigenvalue weighted by atomic mass is 31.2. The van der Waals surface area contributed by atoms with Gasteiger partial charge in [0.15, 0.2) is 6.10 Å². The normalized spacial score (nSPS) is 14.1. The quantitative estimate of drug-likeness (QED) is 0.0264. The Kier molecular flexibility index (Phi) is 61.3. The van der Waals surface area contributed by atoms with Crippen molar-refractivity contribution in [3.05, 3.63) is 158 Å². The molecule has 3 N–H and O–H groups in total. The van der Waals surface area contributed by atoms with Gasteiger partial charge in [0.25, 0.3) is 0 Å². The van der Waals surface area contributed by atoms with Gasteiger partial charge in [0.05, 0.1) is 13.2 Å². The highest BCUT2D eigenvalue weighted by Crippen LogP contribution is 2.43. The first kappa shape index (κ1) is 76.6. The number of nitrogens with two attached hydrogens (primary N) is 1. The Morgan fingerprint density at radius 3 is 0.963 bits per heavy atom. The Bertz CT molecular complexity index is 1880. The first-order valence-electron chi connectivity index (χ1n) is 32.0. The summed E-state index contributed by atoms with van der Waals surface area (Å²) in [5, 5.41) is 0. The van der Waals surface area contributed by atoms with Crippen molar-refractivity contribution in [3.63, 3.8) is 0 Å². The van der Waals surface area contributed by atoms with E-state index in [0.717, 1.165) is 122 Å². The van der Waals surface area contributed by atoms with Gasteiger partial charge in [-0.2, -0.15) is 0 Å². The summed E-state index contributed by atoms with van der Waals surface area (Å²) in [6.07, 6.45) is 94.5. The topological polar surface area (TPSA) is 134 Å². The lowest BCUT2D eigenvalue weighted by atomic mass is 10.0. The molecule has 0 amide bonds. The first-order valence-corrected chi connectivity index (χ1v) is 33.5. The third-order valence-corrected chi connectivity index (χ3v) is 13.9. The summed E-state index contributed by atoms with van der Waals surface area (Å²) in [5.74, 6) is -0.873. The number of phosphoric acid groups is 1. The lowest BCUT2D eigenvalue weighted by Gasteiger charge is -2.19. The molecule has 0 fully saturated rings. The summed E-state index contributed by atoms with van der Waals surface area (Å²) in [5.41, 5.74) is 5.39. The third-order valence-electron chi connectivity index (χ3n) is 12.9. The number of phosphoric ester groups is 1. The molecule has 10 heteroatoms. The van der Waals surface area contributed by atoms with Gasteiger partial charge in [-0.25, -0.2) is 4.57 Å². The Morgan fingerprint density at radius 2 is 0.642 bits per heavy atom. The maximum Gasteiger partial charge on any atom is 0.472 e. The molecule has 0 saturated carbocycles. The molecule has 0 aromatic carbocycles. The van der Waals surface area contributed by atoms with Crippen molar-refractivity contribution in [2.45, 2.75) is 251 Å². The molecule has 0 aliphatic rings. The van der Waals surface area contributed by atoms with E-state index >= 15 is 0 Å². The molecule has 0 aliphatic carbocycles. The zero-order valence-electron chi connectivity index (χ0n) is 51.2. The summed E-state index contributed by atoms with van der Waals surface area (Å²) in [7, 11) is -4.41. The summed E-state index contributed by atoms with van der Waals surface area (Å²) in [6, 6.07) is 0.